The van der Waals surface area contributed by atoms with E-state index in [4.69, 9.17) is 13.7 Å². The summed E-state index contributed by atoms with van der Waals surface area (Å²) in [6.45, 7) is 2.97. The van der Waals surface area contributed by atoms with Gasteiger partial charge >= 0.3 is 11.6 Å². The molecule has 0 saturated heterocycles. The number of hydrogen-bond donors (Lipinski definition) is 0. The van der Waals surface area contributed by atoms with Gasteiger partial charge in [0.25, 0.3) is 5.89 Å². The zero-order valence-corrected chi connectivity index (χ0v) is 13.0. The molecule has 0 spiro atoms. The summed E-state index contributed by atoms with van der Waals surface area (Å²) >= 11 is 0. The van der Waals surface area contributed by atoms with Crippen molar-refractivity contribution in [2.75, 3.05) is 0 Å². The molecule has 0 aliphatic carbocycles. The Bertz CT molecular complexity index is 904. The first-order valence-electron chi connectivity index (χ1n) is 7.06. The number of pyridine rings is 1. The predicted octanol–water partition coefficient (Wildman–Crippen LogP) is 2.06. The van der Waals surface area contributed by atoms with Crippen molar-refractivity contribution in [2.24, 2.45) is 0 Å². The molecule has 8 nitrogen and oxygen atoms in total. The van der Waals surface area contributed by atoms with Gasteiger partial charge in [0.05, 0.1) is 0 Å². The van der Waals surface area contributed by atoms with Gasteiger partial charge in [-0.3, -0.25) is 4.98 Å². The Hall–Kier alpha value is -3.29. The van der Waals surface area contributed by atoms with Crippen molar-refractivity contribution in [3.63, 3.8) is 0 Å². The van der Waals surface area contributed by atoms with E-state index in [1.165, 1.54) is 13.0 Å². The zero-order valence-electron chi connectivity index (χ0n) is 13.0. The van der Waals surface area contributed by atoms with Crippen molar-refractivity contribution in [1.82, 2.24) is 15.1 Å². The van der Waals surface area contributed by atoms with Crippen LogP contribution in [0.3, 0.4) is 0 Å². The van der Waals surface area contributed by atoms with Crippen LogP contribution in [0.5, 0.6) is 0 Å². The summed E-state index contributed by atoms with van der Waals surface area (Å²) in [5.74, 6) is 0.0727. The van der Waals surface area contributed by atoms with Gasteiger partial charge in [0.1, 0.15) is 11.3 Å². The Morgan fingerprint density at radius 2 is 2.17 bits per heavy atom. The van der Waals surface area contributed by atoms with E-state index in [0.29, 0.717) is 17.0 Å². The second kappa shape index (κ2) is 6.45. The Morgan fingerprint density at radius 3 is 2.88 bits per heavy atom. The molecule has 3 heterocycles. The second-order valence-electron chi connectivity index (χ2n) is 5.01. The van der Waals surface area contributed by atoms with Gasteiger partial charge < -0.3 is 13.7 Å². The van der Waals surface area contributed by atoms with Crippen LogP contribution < -0.4 is 5.63 Å². The molecular formula is C16H13N3O5. The molecule has 0 aromatic carbocycles. The van der Waals surface area contributed by atoms with Crippen LogP contribution in [0.1, 0.15) is 27.6 Å². The lowest BCUT2D eigenvalue weighted by Gasteiger charge is -2.06. The Balaban J connectivity index is 1.72. The summed E-state index contributed by atoms with van der Waals surface area (Å²) in [5, 5.41) is 3.81. The normalized spacial score (nSPS) is 10.6. The maximum Gasteiger partial charge on any atom is 0.342 e. The molecule has 0 atom stereocenters. The number of rotatable bonds is 4. The first-order chi connectivity index (χ1) is 11.5. The Morgan fingerprint density at radius 1 is 1.33 bits per heavy atom. The minimum Gasteiger partial charge on any atom is -0.452 e. The van der Waals surface area contributed by atoms with Crippen molar-refractivity contribution in [3.8, 4) is 11.4 Å². The number of hydrogen-bond acceptors (Lipinski definition) is 8. The molecular weight excluding hydrogens is 314 g/mol. The van der Waals surface area contributed by atoms with E-state index < -0.39 is 11.6 Å². The fourth-order valence-corrected chi connectivity index (χ4v) is 2.19. The highest BCUT2D eigenvalue weighted by Crippen LogP contribution is 2.16. The lowest BCUT2D eigenvalue weighted by molar-refractivity contribution is 0.0424. The first-order valence-corrected chi connectivity index (χ1v) is 7.06. The van der Waals surface area contributed by atoms with E-state index >= 15 is 0 Å². The number of carbonyl (C=O) groups is 1. The number of nitrogens with zero attached hydrogens (tertiary/aromatic N) is 3. The monoisotopic (exact) mass is 327 g/mol. The Labute approximate surface area is 136 Å². The minimum absolute atomic E-state index is 0.148. The average Bonchev–Trinajstić information content (AvgIpc) is 3.02. The SMILES string of the molecule is Cc1cc(=O)oc(C)c1C(=O)OCc1nc(-c2cccnc2)no1. The largest absolute Gasteiger partial charge is 0.452 e. The topological polar surface area (TPSA) is 108 Å². The van der Waals surface area contributed by atoms with Crippen LogP contribution in [0.2, 0.25) is 0 Å². The summed E-state index contributed by atoms with van der Waals surface area (Å²) in [6.07, 6.45) is 3.23. The standard InChI is InChI=1S/C16H13N3O5/c1-9-6-13(20)23-10(2)14(9)16(21)22-8-12-18-15(19-24-12)11-4-3-5-17-7-11/h3-7H,8H2,1-2H3. The third kappa shape index (κ3) is 3.22. The summed E-state index contributed by atoms with van der Waals surface area (Å²) in [7, 11) is 0. The molecule has 0 unspecified atom stereocenters. The summed E-state index contributed by atoms with van der Waals surface area (Å²) < 4.78 is 15.1. The van der Waals surface area contributed by atoms with Crippen LogP contribution in [0.15, 0.2) is 44.3 Å². The van der Waals surface area contributed by atoms with Crippen molar-refractivity contribution in [2.45, 2.75) is 20.5 Å². The van der Waals surface area contributed by atoms with E-state index in [-0.39, 0.29) is 23.8 Å². The molecule has 0 aliphatic heterocycles. The van der Waals surface area contributed by atoms with E-state index in [9.17, 15) is 9.59 Å². The maximum absolute atomic E-state index is 12.2. The van der Waals surface area contributed by atoms with E-state index in [1.54, 1.807) is 31.5 Å². The Kier molecular flexibility index (Phi) is 4.19. The van der Waals surface area contributed by atoms with Crippen molar-refractivity contribution in [3.05, 3.63) is 63.8 Å². The van der Waals surface area contributed by atoms with Crippen molar-refractivity contribution < 1.29 is 18.5 Å². The molecule has 0 radical (unpaired) electrons. The molecule has 24 heavy (non-hydrogen) atoms. The molecule has 3 aromatic rings. The third-order valence-corrected chi connectivity index (χ3v) is 3.25. The number of carbonyl (C=O) groups excluding carboxylic acids is 1. The van der Waals surface area contributed by atoms with Gasteiger partial charge in [-0.1, -0.05) is 5.16 Å². The molecule has 0 bridgehead atoms. The molecule has 122 valence electrons. The first kappa shape index (κ1) is 15.6. The molecule has 3 aromatic heterocycles. The van der Waals surface area contributed by atoms with Crippen LogP contribution >= 0.6 is 0 Å². The summed E-state index contributed by atoms with van der Waals surface area (Å²) in [6, 6.07) is 4.77. The number of esters is 1. The van der Waals surface area contributed by atoms with Gasteiger partial charge in [-0.2, -0.15) is 4.98 Å². The van der Waals surface area contributed by atoms with E-state index in [1.807, 2.05) is 0 Å². The zero-order chi connectivity index (χ0) is 17.1. The fourth-order valence-electron chi connectivity index (χ4n) is 2.19. The smallest absolute Gasteiger partial charge is 0.342 e. The maximum atomic E-state index is 12.2. The second-order valence-corrected chi connectivity index (χ2v) is 5.01. The highest BCUT2D eigenvalue weighted by Gasteiger charge is 2.18. The molecule has 0 N–H and O–H groups in total. The highest BCUT2D eigenvalue weighted by atomic mass is 16.6. The van der Waals surface area contributed by atoms with Crippen LogP contribution in [0.25, 0.3) is 11.4 Å². The third-order valence-electron chi connectivity index (χ3n) is 3.25. The van der Waals surface area contributed by atoms with Gasteiger partial charge in [0, 0.05) is 24.0 Å². The summed E-state index contributed by atoms with van der Waals surface area (Å²) in [5.41, 5.74) is 0.867. The van der Waals surface area contributed by atoms with Gasteiger partial charge in [0.2, 0.25) is 5.82 Å². The van der Waals surface area contributed by atoms with Gasteiger partial charge in [-0.15, -0.1) is 0 Å². The molecule has 8 heteroatoms. The lowest BCUT2D eigenvalue weighted by Crippen LogP contribution is -2.12. The van der Waals surface area contributed by atoms with Crippen LogP contribution in [-0.2, 0) is 11.3 Å². The highest BCUT2D eigenvalue weighted by molar-refractivity contribution is 5.91. The van der Waals surface area contributed by atoms with Crippen molar-refractivity contribution in [1.29, 1.82) is 0 Å². The molecule has 0 fully saturated rings. The van der Waals surface area contributed by atoms with Gasteiger partial charge in [-0.05, 0) is 31.5 Å². The van der Waals surface area contributed by atoms with Crippen LogP contribution in [-0.4, -0.2) is 21.1 Å². The van der Waals surface area contributed by atoms with E-state index in [0.717, 1.165) is 0 Å². The number of ether oxygens (including phenoxy) is 1. The molecule has 0 amide bonds. The fraction of sp³-hybridized carbons (Fsp3) is 0.188. The van der Waals surface area contributed by atoms with E-state index in [2.05, 4.69) is 15.1 Å². The number of aromatic nitrogens is 3. The molecule has 3 rings (SSSR count). The summed E-state index contributed by atoms with van der Waals surface area (Å²) in [4.78, 5) is 31.5. The van der Waals surface area contributed by atoms with Gasteiger partial charge in [0.15, 0.2) is 6.61 Å². The van der Waals surface area contributed by atoms with Gasteiger partial charge in [-0.25, -0.2) is 9.59 Å². The van der Waals surface area contributed by atoms with Crippen LogP contribution in [0, 0.1) is 13.8 Å². The minimum atomic E-state index is -0.630. The van der Waals surface area contributed by atoms with Crippen molar-refractivity contribution >= 4 is 5.97 Å². The molecule has 0 saturated carbocycles. The quantitative estimate of drug-likeness (QED) is 0.670. The van der Waals surface area contributed by atoms with Crippen LogP contribution in [0.4, 0.5) is 0 Å². The molecule has 0 aliphatic rings. The average molecular weight is 327 g/mol. The lowest BCUT2D eigenvalue weighted by atomic mass is 10.1. The number of aryl methyl sites for hydroxylation is 2. The predicted molar refractivity (Wildman–Crippen MR) is 81.1 cm³/mol.